The molecule has 6 nitrogen and oxygen atoms in total. The smallest absolute Gasteiger partial charge is 0.233 e. The zero-order chi connectivity index (χ0) is 19.7. The van der Waals surface area contributed by atoms with E-state index in [0.717, 1.165) is 12.0 Å². The first-order valence-corrected chi connectivity index (χ1v) is 9.81. The number of hydrogen-bond donors (Lipinski definition) is 2. The number of halogens is 2. The summed E-state index contributed by atoms with van der Waals surface area (Å²) in [6.07, 6.45) is 5.81. The van der Waals surface area contributed by atoms with Crippen LogP contribution in [-0.4, -0.2) is 49.4 Å². The van der Waals surface area contributed by atoms with Crippen LogP contribution in [0.15, 0.2) is 41.4 Å². The van der Waals surface area contributed by atoms with Gasteiger partial charge in [-0.15, -0.1) is 24.0 Å². The molecule has 3 aliphatic rings. The van der Waals surface area contributed by atoms with Crippen molar-refractivity contribution in [2.45, 2.75) is 12.8 Å². The molecule has 4 rings (SSSR count). The molecule has 0 radical (unpaired) electrons. The maximum Gasteiger partial charge on any atom is 0.233 e. The minimum atomic E-state index is -0.242. The third-order valence-corrected chi connectivity index (χ3v) is 6.01. The van der Waals surface area contributed by atoms with Gasteiger partial charge in [0.2, 0.25) is 11.8 Å². The SMILES string of the molecule is CN=C(NCCc1cccc(F)c1)NCCN1C(=O)C2C3C=CC(C3)C2C1=O.I. The van der Waals surface area contributed by atoms with Gasteiger partial charge in [0.1, 0.15) is 5.82 Å². The molecule has 1 heterocycles. The first-order chi connectivity index (χ1) is 13.6. The van der Waals surface area contributed by atoms with Gasteiger partial charge in [-0.05, 0) is 42.4 Å². The van der Waals surface area contributed by atoms with E-state index in [2.05, 4.69) is 27.8 Å². The van der Waals surface area contributed by atoms with E-state index in [1.807, 2.05) is 6.07 Å². The average molecular weight is 512 g/mol. The van der Waals surface area contributed by atoms with Gasteiger partial charge in [0.25, 0.3) is 0 Å². The Balaban J connectivity index is 0.00000240. The second-order valence-corrected chi connectivity index (χ2v) is 7.63. The van der Waals surface area contributed by atoms with E-state index in [-0.39, 0.29) is 65.3 Å². The van der Waals surface area contributed by atoms with Crippen molar-refractivity contribution in [1.82, 2.24) is 15.5 Å². The summed E-state index contributed by atoms with van der Waals surface area (Å²) in [5.41, 5.74) is 0.908. The summed E-state index contributed by atoms with van der Waals surface area (Å²) in [6, 6.07) is 6.51. The molecule has 2 aliphatic carbocycles. The predicted molar refractivity (Wildman–Crippen MR) is 119 cm³/mol. The lowest BCUT2D eigenvalue weighted by molar-refractivity contribution is -0.140. The number of guanidine groups is 1. The Morgan fingerprint density at radius 2 is 1.79 bits per heavy atom. The van der Waals surface area contributed by atoms with E-state index in [1.165, 1.54) is 17.0 Å². The normalized spacial score (nSPS) is 27.2. The molecule has 8 heteroatoms. The fourth-order valence-corrected chi connectivity index (χ4v) is 4.71. The van der Waals surface area contributed by atoms with Gasteiger partial charge in [-0.25, -0.2) is 4.39 Å². The number of carbonyl (C=O) groups is 2. The van der Waals surface area contributed by atoms with Gasteiger partial charge in [0, 0.05) is 26.7 Å². The Morgan fingerprint density at radius 3 is 2.41 bits per heavy atom. The fourth-order valence-electron chi connectivity index (χ4n) is 4.71. The van der Waals surface area contributed by atoms with Crippen LogP contribution in [0.1, 0.15) is 12.0 Å². The maximum atomic E-state index is 13.2. The second-order valence-electron chi connectivity index (χ2n) is 7.63. The van der Waals surface area contributed by atoms with Crippen molar-refractivity contribution in [2.24, 2.45) is 28.7 Å². The number of nitrogens with one attached hydrogen (secondary N) is 2. The van der Waals surface area contributed by atoms with Crippen LogP contribution in [0, 0.1) is 29.5 Å². The van der Waals surface area contributed by atoms with Crippen molar-refractivity contribution in [3.05, 3.63) is 47.8 Å². The fraction of sp³-hybridized carbons (Fsp3) is 0.476. The number of likely N-dealkylation sites (tertiary alicyclic amines) is 1. The molecule has 1 aliphatic heterocycles. The van der Waals surface area contributed by atoms with Crippen molar-refractivity contribution in [2.75, 3.05) is 26.7 Å². The van der Waals surface area contributed by atoms with Crippen LogP contribution >= 0.6 is 24.0 Å². The molecule has 4 unspecified atom stereocenters. The molecular formula is C21H26FIN4O2. The number of aliphatic imine (C=N–C) groups is 1. The quantitative estimate of drug-likeness (QED) is 0.201. The minimum Gasteiger partial charge on any atom is -0.356 e. The molecule has 1 saturated heterocycles. The Morgan fingerprint density at radius 1 is 1.14 bits per heavy atom. The lowest BCUT2D eigenvalue weighted by atomic mass is 9.85. The summed E-state index contributed by atoms with van der Waals surface area (Å²) in [6.45, 7) is 1.39. The van der Waals surface area contributed by atoms with Crippen LogP contribution in [0.5, 0.6) is 0 Å². The van der Waals surface area contributed by atoms with Crippen molar-refractivity contribution in [3.8, 4) is 0 Å². The molecule has 0 aromatic heterocycles. The van der Waals surface area contributed by atoms with Gasteiger partial charge in [0.15, 0.2) is 5.96 Å². The summed E-state index contributed by atoms with van der Waals surface area (Å²) in [5, 5.41) is 6.31. The van der Waals surface area contributed by atoms with Crippen LogP contribution in [0.4, 0.5) is 4.39 Å². The van der Waals surface area contributed by atoms with E-state index >= 15 is 0 Å². The van der Waals surface area contributed by atoms with Gasteiger partial charge in [-0.3, -0.25) is 19.5 Å². The number of imide groups is 1. The van der Waals surface area contributed by atoms with E-state index in [4.69, 9.17) is 0 Å². The topological polar surface area (TPSA) is 73.8 Å². The Labute approximate surface area is 187 Å². The Bertz CT molecular complexity index is 814. The van der Waals surface area contributed by atoms with Crippen molar-refractivity contribution >= 4 is 41.8 Å². The summed E-state index contributed by atoms with van der Waals surface area (Å²) >= 11 is 0. The number of rotatable bonds is 6. The van der Waals surface area contributed by atoms with Crippen LogP contribution in [0.3, 0.4) is 0 Å². The van der Waals surface area contributed by atoms with Crippen molar-refractivity contribution in [3.63, 3.8) is 0 Å². The first-order valence-electron chi connectivity index (χ1n) is 9.81. The van der Waals surface area contributed by atoms with Gasteiger partial charge in [0.05, 0.1) is 11.8 Å². The van der Waals surface area contributed by atoms with E-state index in [0.29, 0.717) is 32.0 Å². The number of nitrogens with zero attached hydrogens (tertiary/aromatic N) is 2. The number of allylic oxidation sites excluding steroid dienone is 2. The molecule has 2 bridgehead atoms. The molecule has 1 aromatic rings. The summed E-state index contributed by atoms with van der Waals surface area (Å²) in [5.74, 6) is 0.483. The van der Waals surface area contributed by atoms with Crippen LogP contribution < -0.4 is 10.6 Å². The largest absolute Gasteiger partial charge is 0.356 e. The molecule has 156 valence electrons. The molecular weight excluding hydrogens is 486 g/mol. The number of amides is 2. The first kappa shape index (κ1) is 21.7. The Hall–Kier alpha value is -1.97. The zero-order valence-corrected chi connectivity index (χ0v) is 18.6. The van der Waals surface area contributed by atoms with Crippen LogP contribution in [0.25, 0.3) is 0 Å². The van der Waals surface area contributed by atoms with E-state index in [9.17, 15) is 14.0 Å². The molecule has 4 atom stereocenters. The lowest BCUT2D eigenvalue weighted by Crippen LogP contribution is -2.44. The number of benzene rings is 1. The number of hydrogen-bond acceptors (Lipinski definition) is 3. The third kappa shape index (κ3) is 4.31. The highest BCUT2D eigenvalue weighted by molar-refractivity contribution is 14.0. The van der Waals surface area contributed by atoms with E-state index in [1.54, 1.807) is 13.1 Å². The second kappa shape index (κ2) is 9.23. The zero-order valence-electron chi connectivity index (χ0n) is 16.3. The van der Waals surface area contributed by atoms with Gasteiger partial charge in [-0.1, -0.05) is 24.3 Å². The molecule has 2 fully saturated rings. The standard InChI is InChI=1S/C21H25FN4O2.HI/c1-23-21(24-8-7-13-3-2-4-16(22)11-13)25-9-10-26-19(27)17-14-5-6-15(12-14)18(17)20(26)28;/h2-6,11,14-15,17-18H,7-10,12H2,1H3,(H2,23,24,25);1H. The molecule has 1 saturated carbocycles. The van der Waals surface area contributed by atoms with Crippen LogP contribution in [-0.2, 0) is 16.0 Å². The minimum absolute atomic E-state index is 0. The van der Waals surface area contributed by atoms with Crippen molar-refractivity contribution < 1.29 is 14.0 Å². The van der Waals surface area contributed by atoms with Crippen molar-refractivity contribution in [1.29, 1.82) is 0 Å². The Kier molecular flexibility index (Phi) is 6.92. The summed E-state index contributed by atoms with van der Waals surface area (Å²) in [7, 11) is 1.66. The van der Waals surface area contributed by atoms with Crippen LogP contribution in [0.2, 0.25) is 0 Å². The molecule has 29 heavy (non-hydrogen) atoms. The summed E-state index contributed by atoms with van der Waals surface area (Å²) < 4.78 is 13.2. The predicted octanol–water partition coefficient (Wildman–Crippen LogP) is 1.96. The average Bonchev–Trinajstić information content (AvgIpc) is 3.36. The lowest BCUT2D eigenvalue weighted by Gasteiger charge is -2.18. The number of carbonyl (C=O) groups excluding carboxylic acids is 2. The highest BCUT2D eigenvalue weighted by Gasteiger charge is 2.58. The highest BCUT2D eigenvalue weighted by atomic mass is 127. The van der Waals surface area contributed by atoms with E-state index < -0.39 is 0 Å². The third-order valence-electron chi connectivity index (χ3n) is 6.01. The molecule has 0 spiro atoms. The maximum absolute atomic E-state index is 13.2. The van der Waals surface area contributed by atoms with Gasteiger partial charge in [-0.2, -0.15) is 0 Å². The molecule has 1 aromatic carbocycles. The molecule has 2 amide bonds. The number of fused-ring (bicyclic) bond motifs is 5. The monoisotopic (exact) mass is 512 g/mol. The molecule has 2 N–H and O–H groups in total. The highest BCUT2D eigenvalue weighted by Crippen LogP contribution is 2.52. The van der Waals surface area contributed by atoms with Gasteiger partial charge < -0.3 is 10.6 Å². The van der Waals surface area contributed by atoms with Gasteiger partial charge >= 0.3 is 0 Å². The summed E-state index contributed by atoms with van der Waals surface area (Å²) in [4.78, 5) is 30.9.